The molecule has 74 valence electrons. The molecule has 0 aliphatic rings. The Bertz CT molecular complexity index is 448. The van der Waals surface area contributed by atoms with Gasteiger partial charge in [0.15, 0.2) is 0 Å². The first-order valence-corrected chi connectivity index (χ1v) is 5.23. The van der Waals surface area contributed by atoms with Gasteiger partial charge in [0, 0.05) is 12.7 Å². The molecule has 2 heterocycles. The second-order valence-corrected chi connectivity index (χ2v) is 4.36. The molecular weight excluding hydrogens is 242 g/mol. The highest BCUT2D eigenvalue weighted by Crippen LogP contribution is 2.14. The molecule has 0 amide bonds. The summed E-state index contributed by atoms with van der Waals surface area (Å²) < 4.78 is 3.08. The predicted octanol–water partition coefficient (Wildman–Crippen LogP) is 2.16. The molecule has 0 radical (unpaired) electrons. The van der Waals surface area contributed by atoms with Crippen molar-refractivity contribution in [1.29, 1.82) is 0 Å². The van der Waals surface area contributed by atoms with Crippen molar-refractivity contribution in [3.63, 3.8) is 0 Å². The van der Waals surface area contributed by atoms with Crippen molar-refractivity contribution >= 4 is 21.6 Å². The van der Waals surface area contributed by atoms with Crippen LogP contribution in [-0.2, 0) is 6.54 Å². The van der Waals surface area contributed by atoms with E-state index in [-0.39, 0.29) is 0 Å². The Morgan fingerprint density at radius 1 is 1.43 bits per heavy atom. The van der Waals surface area contributed by atoms with Gasteiger partial charge in [-0.1, -0.05) is 6.07 Å². The second-order valence-electron chi connectivity index (χ2n) is 3.55. The monoisotopic (exact) mass is 253 g/mol. The van der Waals surface area contributed by atoms with Gasteiger partial charge in [-0.15, -0.1) is 0 Å². The standard InChI is InChI=1S/C10H12BrN3/c1-13(2)6-8-7-14-9(11)4-3-5-10(14)12-8/h3-5,7H,6H2,1-2H3. The van der Waals surface area contributed by atoms with Gasteiger partial charge in [0.25, 0.3) is 0 Å². The van der Waals surface area contributed by atoms with E-state index in [4.69, 9.17) is 0 Å². The number of aromatic nitrogens is 2. The lowest BCUT2D eigenvalue weighted by atomic mass is 10.4. The molecule has 0 unspecified atom stereocenters. The Balaban J connectivity index is 2.46. The summed E-state index contributed by atoms with van der Waals surface area (Å²) in [7, 11) is 4.08. The van der Waals surface area contributed by atoms with Crippen molar-refractivity contribution in [3.05, 3.63) is 34.7 Å². The molecule has 0 saturated carbocycles. The first-order chi connectivity index (χ1) is 6.66. The molecule has 0 aliphatic heterocycles. The lowest BCUT2D eigenvalue weighted by molar-refractivity contribution is 0.398. The van der Waals surface area contributed by atoms with Gasteiger partial charge in [-0.2, -0.15) is 0 Å². The molecule has 3 nitrogen and oxygen atoms in total. The maximum Gasteiger partial charge on any atom is 0.137 e. The fourth-order valence-electron chi connectivity index (χ4n) is 1.43. The first kappa shape index (κ1) is 9.68. The van der Waals surface area contributed by atoms with Crippen LogP contribution in [0.5, 0.6) is 0 Å². The number of hydrogen-bond acceptors (Lipinski definition) is 2. The Kier molecular flexibility index (Phi) is 2.56. The normalized spacial score (nSPS) is 11.4. The second kappa shape index (κ2) is 3.71. The van der Waals surface area contributed by atoms with E-state index in [0.717, 1.165) is 22.5 Å². The molecule has 0 aliphatic carbocycles. The zero-order valence-electron chi connectivity index (χ0n) is 8.24. The molecule has 2 rings (SSSR count). The van der Waals surface area contributed by atoms with Crippen LogP contribution in [0, 0.1) is 0 Å². The van der Waals surface area contributed by atoms with Crippen LogP contribution >= 0.6 is 15.9 Å². The van der Waals surface area contributed by atoms with Gasteiger partial charge in [-0.25, -0.2) is 4.98 Å². The molecule has 0 N–H and O–H groups in total. The lowest BCUT2D eigenvalue weighted by Crippen LogP contribution is -2.10. The van der Waals surface area contributed by atoms with Crippen LogP contribution < -0.4 is 0 Å². The first-order valence-electron chi connectivity index (χ1n) is 4.44. The SMILES string of the molecule is CN(C)Cc1cn2c(Br)cccc2n1. The highest BCUT2D eigenvalue weighted by atomic mass is 79.9. The fourth-order valence-corrected chi connectivity index (χ4v) is 1.86. The molecular formula is C10H12BrN3. The summed E-state index contributed by atoms with van der Waals surface area (Å²) in [6.07, 6.45) is 2.05. The Labute approximate surface area is 91.5 Å². The quantitative estimate of drug-likeness (QED) is 0.765. The molecule has 0 aromatic carbocycles. The Morgan fingerprint density at radius 3 is 2.86 bits per heavy atom. The van der Waals surface area contributed by atoms with Crippen LogP contribution in [0.3, 0.4) is 0 Å². The summed E-state index contributed by atoms with van der Waals surface area (Å²) in [5, 5.41) is 0. The minimum Gasteiger partial charge on any atom is -0.304 e. The van der Waals surface area contributed by atoms with Crippen molar-refractivity contribution in [2.75, 3.05) is 14.1 Å². The number of imidazole rings is 1. The highest BCUT2D eigenvalue weighted by molar-refractivity contribution is 9.10. The van der Waals surface area contributed by atoms with E-state index in [9.17, 15) is 0 Å². The number of pyridine rings is 1. The molecule has 14 heavy (non-hydrogen) atoms. The van der Waals surface area contributed by atoms with Gasteiger partial charge >= 0.3 is 0 Å². The summed E-state index contributed by atoms with van der Waals surface area (Å²) in [5.74, 6) is 0. The van der Waals surface area contributed by atoms with E-state index >= 15 is 0 Å². The smallest absolute Gasteiger partial charge is 0.137 e. The van der Waals surface area contributed by atoms with Gasteiger partial charge in [0.1, 0.15) is 5.65 Å². The fraction of sp³-hybridized carbons (Fsp3) is 0.300. The minimum atomic E-state index is 0.869. The lowest BCUT2D eigenvalue weighted by Gasteiger charge is -2.04. The Morgan fingerprint density at radius 2 is 2.21 bits per heavy atom. The van der Waals surface area contributed by atoms with Crippen molar-refractivity contribution in [3.8, 4) is 0 Å². The van der Waals surface area contributed by atoms with Crippen LogP contribution in [0.4, 0.5) is 0 Å². The zero-order chi connectivity index (χ0) is 10.1. The third-order valence-corrected chi connectivity index (χ3v) is 2.62. The third-order valence-electron chi connectivity index (χ3n) is 1.97. The topological polar surface area (TPSA) is 20.5 Å². The van der Waals surface area contributed by atoms with Gasteiger partial charge in [0.05, 0.1) is 10.3 Å². The Hall–Kier alpha value is -0.870. The molecule has 0 atom stereocenters. The number of rotatable bonds is 2. The van der Waals surface area contributed by atoms with Crippen molar-refractivity contribution in [1.82, 2.24) is 14.3 Å². The maximum absolute atomic E-state index is 4.50. The van der Waals surface area contributed by atoms with Crippen molar-refractivity contribution in [2.45, 2.75) is 6.54 Å². The van der Waals surface area contributed by atoms with E-state index in [1.54, 1.807) is 0 Å². The summed E-state index contributed by atoms with van der Waals surface area (Å²) in [6.45, 7) is 0.869. The van der Waals surface area contributed by atoms with E-state index in [0.29, 0.717) is 0 Å². The van der Waals surface area contributed by atoms with Crippen LogP contribution in [0.25, 0.3) is 5.65 Å². The van der Waals surface area contributed by atoms with Crippen LogP contribution in [0.2, 0.25) is 0 Å². The average Bonchev–Trinajstić information content (AvgIpc) is 2.47. The molecule has 4 heteroatoms. The summed E-state index contributed by atoms with van der Waals surface area (Å²) in [5.41, 5.74) is 2.07. The molecule has 0 saturated heterocycles. The predicted molar refractivity (Wildman–Crippen MR) is 60.3 cm³/mol. The zero-order valence-corrected chi connectivity index (χ0v) is 9.82. The summed E-state index contributed by atoms with van der Waals surface area (Å²) >= 11 is 3.49. The van der Waals surface area contributed by atoms with Crippen LogP contribution in [-0.4, -0.2) is 28.4 Å². The van der Waals surface area contributed by atoms with Crippen LogP contribution in [0.1, 0.15) is 5.69 Å². The van der Waals surface area contributed by atoms with Gasteiger partial charge in [-0.3, -0.25) is 4.40 Å². The molecule has 2 aromatic rings. The molecule has 2 aromatic heterocycles. The van der Waals surface area contributed by atoms with Gasteiger partial charge in [-0.05, 0) is 42.2 Å². The van der Waals surface area contributed by atoms with Gasteiger partial charge < -0.3 is 4.90 Å². The number of halogens is 1. The minimum absolute atomic E-state index is 0.869. The maximum atomic E-state index is 4.50. The summed E-state index contributed by atoms with van der Waals surface area (Å²) in [6, 6.07) is 6.00. The van der Waals surface area contributed by atoms with E-state index in [1.807, 2.05) is 36.7 Å². The van der Waals surface area contributed by atoms with Gasteiger partial charge in [0.2, 0.25) is 0 Å². The highest BCUT2D eigenvalue weighted by Gasteiger charge is 2.03. The number of nitrogens with zero attached hydrogens (tertiary/aromatic N) is 3. The third kappa shape index (κ3) is 1.81. The van der Waals surface area contributed by atoms with Crippen LogP contribution in [0.15, 0.2) is 29.0 Å². The number of hydrogen-bond donors (Lipinski definition) is 0. The number of fused-ring (bicyclic) bond motifs is 1. The molecule has 0 bridgehead atoms. The summed E-state index contributed by atoms with van der Waals surface area (Å²) in [4.78, 5) is 6.61. The van der Waals surface area contributed by atoms with E-state index in [1.165, 1.54) is 0 Å². The van der Waals surface area contributed by atoms with E-state index < -0.39 is 0 Å². The van der Waals surface area contributed by atoms with E-state index in [2.05, 4.69) is 32.0 Å². The molecule has 0 spiro atoms. The molecule has 0 fully saturated rings. The van der Waals surface area contributed by atoms with Crippen molar-refractivity contribution < 1.29 is 0 Å². The average molecular weight is 254 g/mol. The largest absolute Gasteiger partial charge is 0.304 e. The van der Waals surface area contributed by atoms with Crippen molar-refractivity contribution in [2.24, 2.45) is 0 Å².